The monoisotopic (exact) mass is 234 g/mol. The molecule has 1 heteroatoms. The molecular weight excluding hydrogens is 212 g/mol. The number of benzene rings is 1. The Bertz CT molecular complexity index is 438. The fourth-order valence-corrected chi connectivity index (χ4v) is 2.79. The third-order valence-electron chi connectivity index (χ3n) is 2.35. The van der Waals surface area contributed by atoms with Crippen molar-refractivity contribution in [3.05, 3.63) is 34.7 Å². The molecule has 0 radical (unpaired) electrons. The maximum absolute atomic E-state index is 2.34. The summed E-state index contributed by atoms with van der Waals surface area (Å²) in [5.41, 5.74) is 1.47. The first kappa shape index (κ1) is 13.2. The van der Waals surface area contributed by atoms with E-state index in [0.29, 0.717) is 0 Å². The van der Waals surface area contributed by atoms with Gasteiger partial charge in [0.1, 0.15) is 0 Å². The molecule has 88 valence electrons. The number of fused-ring (bicyclic) bond motifs is 1. The molecule has 16 heavy (non-hydrogen) atoms. The van der Waals surface area contributed by atoms with Gasteiger partial charge in [-0.2, -0.15) is 0 Å². The highest BCUT2D eigenvalue weighted by Gasteiger charge is 2.01. The van der Waals surface area contributed by atoms with Gasteiger partial charge >= 0.3 is 0 Å². The zero-order chi connectivity index (χ0) is 12.1. The van der Waals surface area contributed by atoms with E-state index in [1.807, 2.05) is 25.2 Å². The predicted octanol–water partition coefficient (Wildman–Crippen LogP) is 5.43. The van der Waals surface area contributed by atoms with Crippen LogP contribution >= 0.6 is 11.3 Å². The van der Waals surface area contributed by atoms with E-state index in [1.165, 1.54) is 26.9 Å². The Morgan fingerprint density at radius 2 is 1.81 bits per heavy atom. The fraction of sp³-hybridized carbons (Fsp3) is 0.467. The average Bonchev–Trinajstić information content (AvgIpc) is 2.59. The van der Waals surface area contributed by atoms with E-state index in [1.54, 1.807) is 0 Å². The Labute approximate surface area is 103 Å². The van der Waals surface area contributed by atoms with Gasteiger partial charge < -0.3 is 0 Å². The van der Waals surface area contributed by atoms with E-state index in [9.17, 15) is 0 Å². The van der Waals surface area contributed by atoms with Gasteiger partial charge in [-0.25, -0.2) is 0 Å². The van der Waals surface area contributed by atoms with Gasteiger partial charge in [-0.1, -0.05) is 39.8 Å². The molecule has 0 N–H and O–H groups in total. The highest BCUT2D eigenvalue weighted by molar-refractivity contribution is 7.19. The summed E-state index contributed by atoms with van der Waals surface area (Å²) in [4.78, 5) is 1.40. The van der Waals surface area contributed by atoms with Crippen LogP contribution in [0.1, 0.15) is 38.1 Å². The van der Waals surface area contributed by atoms with Gasteiger partial charge in [-0.3, -0.25) is 0 Å². The smallest absolute Gasteiger partial charge is 0.0348 e. The summed E-state index contributed by atoms with van der Waals surface area (Å²) >= 11 is 1.89. The molecule has 0 unspecified atom stereocenters. The summed E-state index contributed by atoms with van der Waals surface area (Å²) in [6.07, 6.45) is 1.19. The van der Waals surface area contributed by atoms with Crippen LogP contribution in [0.15, 0.2) is 24.3 Å². The highest BCUT2D eigenvalue weighted by Crippen LogP contribution is 2.26. The zero-order valence-electron chi connectivity index (χ0n) is 11.0. The van der Waals surface area contributed by atoms with E-state index in [-0.39, 0.29) is 0 Å². The van der Waals surface area contributed by atoms with Crippen LogP contribution in [-0.4, -0.2) is 0 Å². The largest absolute Gasteiger partial charge is 0.141 e. The van der Waals surface area contributed by atoms with Crippen molar-refractivity contribution in [2.45, 2.75) is 41.0 Å². The minimum absolute atomic E-state index is 0.744. The molecule has 0 atom stereocenters. The maximum atomic E-state index is 2.34. The standard InChI is InChI=1S/C13H16S.C2H6/c1-9(2)6-11-4-5-12-7-10(3)14-13(12)8-11;1-2/h4-5,7-9H,6H2,1-3H3;1-2H3. The normalized spacial score (nSPS) is 10.4. The van der Waals surface area contributed by atoms with Gasteiger partial charge in [0, 0.05) is 9.58 Å². The molecule has 0 aliphatic rings. The van der Waals surface area contributed by atoms with Crippen LogP contribution in [0.25, 0.3) is 10.1 Å². The molecule has 0 bridgehead atoms. The Balaban J connectivity index is 0.000000606. The highest BCUT2D eigenvalue weighted by atomic mass is 32.1. The van der Waals surface area contributed by atoms with Crippen molar-refractivity contribution in [2.75, 3.05) is 0 Å². The van der Waals surface area contributed by atoms with E-state index in [2.05, 4.69) is 45.0 Å². The topological polar surface area (TPSA) is 0 Å². The lowest BCUT2D eigenvalue weighted by molar-refractivity contribution is 0.648. The number of rotatable bonds is 2. The number of thiophene rings is 1. The van der Waals surface area contributed by atoms with Crippen LogP contribution in [0.4, 0.5) is 0 Å². The molecule has 2 rings (SSSR count). The molecule has 0 nitrogen and oxygen atoms in total. The molecule has 0 aliphatic carbocycles. The molecular formula is C15H22S. The summed E-state index contributed by atoms with van der Waals surface area (Å²) in [6.45, 7) is 10.7. The molecule has 0 saturated heterocycles. The molecule has 1 heterocycles. The van der Waals surface area contributed by atoms with Gasteiger partial charge in [0.15, 0.2) is 0 Å². The minimum Gasteiger partial charge on any atom is -0.141 e. The second-order valence-electron chi connectivity index (χ2n) is 4.33. The maximum Gasteiger partial charge on any atom is 0.0348 e. The van der Waals surface area contributed by atoms with Crippen LogP contribution in [-0.2, 0) is 6.42 Å². The molecule has 1 aromatic carbocycles. The second kappa shape index (κ2) is 6.05. The summed E-state index contributed by atoms with van der Waals surface area (Å²) in [6, 6.07) is 9.11. The Hall–Kier alpha value is -0.820. The minimum atomic E-state index is 0.744. The molecule has 0 spiro atoms. The number of hydrogen-bond acceptors (Lipinski definition) is 1. The van der Waals surface area contributed by atoms with Crippen molar-refractivity contribution in [3.63, 3.8) is 0 Å². The molecule has 0 fully saturated rings. The summed E-state index contributed by atoms with van der Waals surface area (Å²) < 4.78 is 1.43. The third-order valence-corrected chi connectivity index (χ3v) is 3.36. The van der Waals surface area contributed by atoms with Gasteiger partial charge in [-0.15, -0.1) is 11.3 Å². The molecule has 1 aromatic heterocycles. The van der Waals surface area contributed by atoms with E-state index >= 15 is 0 Å². The number of hydrogen-bond donors (Lipinski definition) is 0. The van der Waals surface area contributed by atoms with Crippen molar-refractivity contribution >= 4 is 21.4 Å². The van der Waals surface area contributed by atoms with Crippen LogP contribution in [0.2, 0.25) is 0 Å². The van der Waals surface area contributed by atoms with Crippen molar-refractivity contribution in [1.82, 2.24) is 0 Å². The van der Waals surface area contributed by atoms with Crippen LogP contribution in [0.5, 0.6) is 0 Å². The predicted molar refractivity (Wildman–Crippen MR) is 76.5 cm³/mol. The van der Waals surface area contributed by atoms with Crippen molar-refractivity contribution in [1.29, 1.82) is 0 Å². The van der Waals surface area contributed by atoms with Crippen LogP contribution < -0.4 is 0 Å². The molecule has 0 aliphatic heterocycles. The van der Waals surface area contributed by atoms with Gasteiger partial charge in [-0.05, 0) is 42.3 Å². The first-order valence-electron chi connectivity index (χ1n) is 6.14. The third kappa shape index (κ3) is 3.34. The summed E-state index contributed by atoms with van der Waals surface area (Å²) in [5.74, 6) is 0.744. The summed E-state index contributed by atoms with van der Waals surface area (Å²) in [7, 11) is 0. The number of aryl methyl sites for hydroxylation is 1. The lowest BCUT2D eigenvalue weighted by Crippen LogP contribution is -1.92. The van der Waals surface area contributed by atoms with Gasteiger partial charge in [0.2, 0.25) is 0 Å². The first-order chi connectivity index (χ1) is 7.65. The van der Waals surface area contributed by atoms with Crippen molar-refractivity contribution < 1.29 is 0 Å². The van der Waals surface area contributed by atoms with Crippen LogP contribution in [0, 0.1) is 12.8 Å². The quantitative estimate of drug-likeness (QED) is 0.649. The van der Waals surface area contributed by atoms with Crippen LogP contribution in [0.3, 0.4) is 0 Å². The van der Waals surface area contributed by atoms with Crippen molar-refractivity contribution in [2.24, 2.45) is 5.92 Å². The molecule has 0 saturated carbocycles. The van der Waals surface area contributed by atoms with Gasteiger partial charge in [0.25, 0.3) is 0 Å². The fourth-order valence-electron chi connectivity index (χ4n) is 1.81. The van der Waals surface area contributed by atoms with Gasteiger partial charge in [0.05, 0.1) is 0 Å². The Kier molecular flexibility index (Phi) is 5.01. The average molecular weight is 234 g/mol. The SMILES string of the molecule is CC.Cc1cc2ccc(CC(C)C)cc2s1. The van der Waals surface area contributed by atoms with E-state index < -0.39 is 0 Å². The Morgan fingerprint density at radius 3 is 2.44 bits per heavy atom. The summed E-state index contributed by atoms with van der Waals surface area (Å²) in [5, 5.41) is 1.39. The lowest BCUT2D eigenvalue weighted by atomic mass is 10.0. The Morgan fingerprint density at radius 1 is 1.12 bits per heavy atom. The van der Waals surface area contributed by atoms with E-state index in [4.69, 9.17) is 0 Å². The molecule has 2 aromatic rings. The second-order valence-corrected chi connectivity index (χ2v) is 5.62. The zero-order valence-corrected chi connectivity index (χ0v) is 11.8. The van der Waals surface area contributed by atoms with Crippen molar-refractivity contribution in [3.8, 4) is 0 Å². The van der Waals surface area contributed by atoms with E-state index in [0.717, 1.165) is 5.92 Å². The first-order valence-corrected chi connectivity index (χ1v) is 6.96. The lowest BCUT2D eigenvalue weighted by Gasteiger charge is -2.04. The molecule has 0 amide bonds.